The molecule has 5 heteroatoms. The first-order valence-electron chi connectivity index (χ1n) is 3.20. The molecule has 1 aromatic heterocycles. The van der Waals surface area contributed by atoms with E-state index in [2.05, 4.69) is 4.98 Å². The maximum absolute atomic E-state index is 8.82. The van der Waals surface area contributed by atoms with Gasteiger partial charge in [-0.2, -0.15) is 0 Å². The zero-order valence-corrected chi connectivity index (χ0v) is 6.15. The van der Waals surface area contributed by atoms with Crippen molar-refractivity contribution in [2.75, 3.05) is 5.73 Å². The van der Waals surface area contributed by atoms with Gasteiger partial charge in [0.2, 0.25) is 0 Å². The third-order valence-electron chi connectivity index (χ3n) is 1.48. The zero-order valence-electron chi connectivity index (χ0n) is 6.15. The molecule has 0 spiro atoms. The molecule has 4 N–H and O–H groups in total. The van der Waals surface area contributed by atoms with Crippen LogP contribution in [0.3, 0.4) is 0 Å². The summed E-state index contributed by atoms with van der Waals surface area (Å²) in [5, 5.41) is 17.6. The predicted molar refractivity (Wildman–Crippen MR) is 43.2 cm³/mol. The Morgan fingerprint density at radius 1 is 1.55 bits per heavy atom. The van der Waals surface area contributed by atoms with Crippen LogP contribution in [0.1, 0.15) is 5.69 Å². The zero-order chi connectivity index (χ0) is 8.43. The lowest BCUT2D eigenvalue weighted by Crippen LogP contribution is -2.35. The molecule has 0 saturated carbocycles. The van der Waals surface area contributed by atoms with Gasteiger partial charge in [-0.1, -0.05) is 0 Å². The molecule has 4 nitrogen and oxygen atoms in total. The number of nitrogens with two attached hydrogens (primary N) is 1. The minimum atomic E-state index is -1.54. The monoisotopic (exact) mass is 152 g/mol. The number of pyridine rings is 1. The Kier molecular flexibility index (Phi) is 2.12. The topological polar surface area (TPSA) is 79.4 Å². The van der Waals surface area contributed by atoms with Gasteiger partial charge in [-0.15, -0.1) is 0 Å². The van der Waals surface area contributed by atoms with Gasteiger partial charge < -0.3 is 15.8 Å². The van der Waals surface area contributed by atoms with Crippen molar-refractivity contribution in [3.05, 3.63) is 18.0 Å². The third kappa shape index (κ3) is 1.50. The van der Waals surface area contributed by atoms with Crippen molar-refractivity contribution in [2.24, 2.45) is 0 Å². The molecule has 0 fully saturated rings. The lowest BCUT2D eigenvalue weighted by atomic mass is 9.78. The largest absolute Gasteiger partial charge is 0.492 e. The summed E-state index contributed by atoms with van der Waals surface area (Å²) in [4.78, 5) is 3.86. The second-order valence-corrected chi connectivity index (χ2v) is 2.27. The number of rotatable bonds is 1. The predicted octanol–water partition coefficient (Wildman–Crippen LogP) is -1.35. The summed E-state index contributed by atoms with van der Waals surface area (Å²) in [6.07, 6.45) is 1.52. The second kappa shape index (κ2) is 2.90. The quantitative estimate of drug-likeness (QED) is 0.434. The van der Waals surface area contributed by atoms with Gasteiger partial charge in [0.1, 0.15) is 0 Å². The van der Waals surface area contributed by atoms with E-state index in [1.807, 2.05) is 0 Å². The summed E-state index contributed by atoms with van der Waals surface area (Å²) in [6, 6.07) is 1.53. The third-order valence-corrected chi connectivity index (χ3v) is 1.48. The fraction of sp³-hybridized carbons (Fsp3) is 0.167. The summed E-state index contributed by atoms with van der Waals surface area (Å²) in [6.45, 7) is 1.67. The molecule has 0 aromatic carbocycles. The van der Waals surface area contributed by atoms with E-state index in [1.54, 1.807) is 6.92 Å². The van der Waals surface area contributed by atoms with Gasteiger partial charge in [-0.05, 0) is 13.0 Å². The lowest BCUT2D eigenvalue weighted by Gasteiger charge is -2.05. The molecule has 1 aromatic rings. The van der Waals surface area contributed by atoms with Crippen LogP contribution in [0.4, 0.5) is 5.69 Å². The molecular weight excluding hydrogens is 143 g/mol. The van der Waals surface area contributed by atoms with Crippen molar-refractivity contribution in [1.29, 1.82) is 0 Å². The Hall–Kier alpha value is -1.07. The van der Waals surface area contributed by atoms with Crippen LogP contribution in [0.2, 0.25) is 0 Å². The Morgan fingerprint density at radius 2 is 2.18 bits per heavy atom. The molecule has 0 unspecified atom stereocenters. The van der Waals surface area contributed by atoms with Gasteiger partial charge >= 0.3 is 7.12 Å². The van der Waals surface area contributed by atoms with Crippen LogP contribution in [0, 0.1) is 6.92 Å². The molecule has 0 amide bonds. The minimum absolute atomic E-state index is 0.285. The molecule has 0 radical (unpaired) electrons. The number of aromatic nitrogens is 1. The highest BCUT2D eigenvalue weighted by molar-refractivity contribution is 6.60. The number of nitrogens with zero attached hydrogens (tertiary/aromatic N) is 1. The van der Waals surface area contributed by atoms with Crippen LogP contribution in [0.15, 0.2) is 12.3 Å². The molecule has 0 aliphatic heterocycles. The molecule has 0 bridgehead atoms. The van der Waals surface area contributed by atoms with Crippen LogP contribution < -0.4 is 11.2 Å². The van der Waals surface area contributed by atoms with Gasteiger partial charge in [-0.3, -0.25) is 4.98 Å². The summed E-state index contributed by atoms with van der Waals surface area (Å²) < 4.78 is 0. The SMILES string of the molecule is Cc1nccc(N)c1B(O)O. The number of aryl methyl sites for hydroxylation is 1. The van der Waals surface area contributed by atoms with Crippen molar-refractivity contribution in [3.63, 3.8) is 0 Å². The van der Waals surface area contributed by atoms with E-state index >= 15 is 0 Å². The molecule has 0 aliphatic rings. The van der Waals surface area contributed by atoms with Gasteiger partial charge in [0.25, 0.3) is 0 Å². The van der Waals surface area contributed by atoms with E-state index in [9.17, 15) is 0 Å². The summed E-state index contributed by atoms with van der Waals surface area (Å²) in [5.41, 5.74) is 6.64. The van der Waals surface area contributed by atoms with E-state index < -0.39 is 7.12 Å². The maximum atomic E-state index is 8.82. The minimum Gasteiger partial charge on any atom is -0.423 e. The molecule has 58 valence electrons. The highest BCUT2D eigenvalue weighted by Crippen LogP contribution is 1.99. The van der Waals surface area contributed by atoms with E-state index in [4.69, 9.17) is 15.8 Å². The number of anilines is 1. The van der Waals surface area contributed by atoms with Crippen LogP contribution in [-0.4, -0.2) is 22.2 Å². The Morgan fingerprint density at radius 3 is 2.55 bits per heavy atom. The average Bonchev–Trinajstić information content (AvgIpc) is 1.85. The molecule has 1 heterocycles. The Labute approximate surface area is 64.8 Å². The normalized spacial score (nSPS) is 9.73. The van der Waals surface area contributed by atoms with Crippen molar-refractivity contribution in [1.82, 2.24) is 4.98 Å². The highest BCUT2D eigenvalue weighted by atomic mass is 16.4. The van der Waals surface area contributed by atoms with Crippen molar-refractivity contribution < 1.29 is 10.0 Å². The molecule has 0 saturated heterocycles. The Balaban J connectivity index is 3.21. The number of nitrogen functional groups attached to an aromatic ring is 1. The van der Waals surface area contributed by atoms with E-state index in [-0.39, 0.29) is 5.46 Å². The van der Waals surface area contributed by atoms with Gasteiger partial charge in [0.15, 0.2) is 0 Å². The van der Waals surface area contributed by atoms with E-state index in [0.717, 1.165) is 0 Å². The fourth-order valence-electron chi connectivity index (χ4n) is 0.933. The lowest BCUT2D eigenvalue weighted by molar-refractivity contribution is 0.425. The summed E-state index contributed by atoms with van der Waals surface area (Å²) >= 11 is 0. The van der Waals surface area contributed by atoms with Crippen LogP contribution in [0.5, 0.6) is 0 Å². The first kappa shape index (κ1) is 8.04. The number of hydrogen-bond acceptors (Lipinski definition) is 4. The van der Waals surface area contributed by atoms with Gasteiger partial charge in [-0.25, -0.2) is 0 Å². The van der Waals surface area contributed by atoms with Crippen LogP contribution >= 0.6 is 0 Å². The highest BCUT2D eigenvalue weighted by Gasteiger charge is 2.17. The van der Waals surface area contributed by atoms with Gasteiger partial charge in [0.05, 0.1) is 0 Å². The van der Waals surface area contributed by atoms with Crippen LogP contribution in [-0.2, 0) is 0 Å². The molecule has 11 heavy (non-hydrogen) atoms. The van der Waals surface area contributed by atoms with Crippen molar-refractivity contribution in [3.8, 4) is 0 Å². The molecule has 0 atom stereocenters. The first-order chi connectivity index (χ1) is 5.13. The molecule has 0 aliphatic carbocycles. The fourth-order valence-corrected chi connectivity index (χ4v) is 0.933. The average molecular weight is 152 g/mol. The molecule has 1 rings (SSSR count). The molecular formula is C6H9BN2O2. The standard InChI is InChI=1S/C6H9BN2O2/c1-4-6(7(10)11)5(8)2-3-9-4/h2-3,10-11H,1H3,(H2,8,9). The van der Waals surface area contributed by atoms with E-state index in [1.165, 1.54) is 12.3 Å². The van der Waals surface area contributed by atoms with Crippen molar-refractivity contribution >= 4 is 18.3 Å². The Bertz CT molecular complexity index is 245. The summed E-state index contributed by atoms with van der Waals surface area (Å²) in [7, 11) is -1.54. The first-order valence-corrected chi connectivity index (χ1v) is 3.20. The number of hydrogen-bond donors (Lipinski definition) is 3. The van der Waals surface area contributed by atoms with Crippen LogP contribution in [0.25, 0.3) is 0 Å². The van der Waals surface area contributed by atoms with Crippen molar-refractivity contribution in [2.45, 2.75) is 6.92 Å². The van der Waals surface area contributed by atoms with Gasteiger partial charge in [0, 0.05) is 23.0 Å². The smallest absolute Gasteiger partial charge is 0.423 e. The van der Waals surface area contributed by atoms with E-state index in [0.29, 0.717) is 11.4 Å². The second-order valence-electron chi connectivity index (χ2n) is 2.27. The maximum Gasteiger partial charge on any atom is 0.492 e. The summed E-state index contributed by atoms with van der Waals surface area (Å²) in [5.74, 6) is 0.